The van der Waals surface area contributed by atoms with Crippen LogP contribution < -0.4 is 37.9 Å². The summed E-state index contributed by atoms with van der Waals surface area (Å²) in [7, 11) is 7.07. The van der Waals surface area contributed by atoms with Crippen molar-refractivity contribution in [2.75, 3.05) is 75.9 Å². The van der Waals surface area contributed by atoms with Crippen LogP contribution in [0.1, 0.15) is 96.9 Å². The molecule has 128 heavy (non-hydrogen) atoms. The lowest BCUT2D eigenvalue weighted by Gasteiger charge is -2.12. The van der Waals surface area contributed by atoms with Crippen molar-refractivity contribution >= 4 is 136 Å². The smallest absolute Gasteiger partial charge is 0.119 e. The Morgan fingerprint density at radius 3 is 0.500 bits per heavy atom. The molecule has 22 rings (SSSR count). The van der Waals surface area contributed by atoms with Gasteiger partial charge >= 0.3 is 0 Å². The normalized spacial score (nSPS) is 15.1. The van der Waals surface area contributed by atoms with Crippen LogP contribution in [0.15, 0.2) is 243 Å². The molecule has 8 aromatic carbocycles. The molecule has 0 fully saturated rings. The van der Waals surface area contributed by atoms with Crippen LogP contribution in [0, 0.1) is 0 Å². The van der Waals surface area contributed by atoms with E-state index in [0.717, 1.165) is 299 Å². The highest BCUT2D eigenvalue weighted by molar-refractivity contribution is 8.77. The third-order valence-corrected chi connectivity index (χ3v) is 28.2. The van der Waals surface area contributed by atoms with Crippen molar-refractivity contribution in [3.05, 3.63) is 288 Å². The van der Waals surface area contributed by atoms with Gasteiger partial charge in [0.2, 0.25) is 0 Å². The number of benzene rings is 8. The van der Waals surface area contributed by atoms with E-state index in [-0.39, 0.29) is 0 Å². The number of fused-ring (bicyclic) bond motifs is 28. The molecule has 636 valence electrons. The predicted molar refractivity (Wildman–Crippen MR) is 532 cm³/mol. The minimum absolute atomic E-state index is 0.480. The molecule has 0 aliphatic carbocycles. The summed E-state index contributed by atoms with van der Waals surface area (Å²) < 4.78 is 53.9. The number of aromatic amines is 4. The average Bonchev–Trinajstić information content (AvgIpc) is 1.61. The first-order chi connectivity index (χ1) is 63.4. The van der Waals surface area contributed by atoms with Gasteiger partial charge in [0.15, 0.2) is 0 Å². The number of aromatic nitrogens is 8. The van der Waals surface area contributed by atoms with E-state index in [4.69, 9.17) is 57.8 Å². The molecule has 0 radical (unpaired) electrons. The van der Waals surface area contributed by atoms with Gasteiger partial charge in [-0.25, -0.2) is 19.9 Å². The Kier molecular flexibility index (Phi) is 24.4. The second kappa shape index (κ2) is 38.1. The number of ether oxygens (including phenoxy) is 8. The average molecular weight is 1760 g/mol. The Morgan fingerprint density at radius 1 is 0.180 bits per heavy atom. The van der Waals surface area contributed by atoms with Crippen LogP contribution in [0.3, 0.4) is 0 Å². The predicted octanol–water partition coefficient (Wildman–Crippen LogP) is 27.6. The molecule has 0 spiro atoms. The van der Waals surface area contributed by atoms with Gasteiger partial charge in [-0.1, -0.05) is 140 Å². The SMILES string of the molecule is C1=Cc2nc1c1c3ccc([nH]3)c3c4nc(c5c6ccc([nH]6)c2-c2cccc(c2)OCCSSCCOc2cccc(c2)-c2c6nc(c(c7ccc([nH]7)c(c7nc(c(c8ccc2[nH]8)-c2cccc(c2)OCCCCCCOc2cccc-5c2)C=C7)-c2cccc(c2)OCCSSCCOc2cccc-3c2)-c2cccc(c2)OCCCCCCOc2cccc-1c2)C=C6)C=C4. The van der Waals surface area contributed by atoms with Gasteiger partial charge in [0, 0.05) is 112 Å². The zero-order valence-corrected chi connectivity index (χ0v) is 73.8. The molecule has 8 aliphatic heterocycles. The van der Waals surface area contributed by atoms with E-state index in [9.17, 15) is 0 Å². The van der Waals surface area contributed by atoms with E-state index in [1.165, 1.54) is 0 Å². The van der Waals surface area contributed by atoms with Crippen molar-refractivity contribution in [2.24, 2.45) is 0 Å². The van der Waals surface area contributed by atoms with Gasteiger partial charge in [-0.2, -0.15) is 0 Å². The Bertz CT molecular complexity index is 5840. The third-order valence-electron chi connectivity index (χ3n) is 23.5. The van der Waals surface area contributed by atoms with Crippen LogP contribution in [0.4, 0.5) is 0 Å². The third kappa shape index (κ3) is 18.1. The first kappa shape index (κ1) is 81.8. The standard InChI is InChI=1S/C108H92N8O8S4/c1-2-6-50-118-78-26-10-18-70(62-78)102-87-35-43-95(111-87)107-75-23-15-31-83(67-75)123-55-59-127-125-57-53-121-81-29-13-21-73(65-81)105-93-41-33-85(109-93)101(69-17-9-25-77(61-69)117-49-5-1)86-34-42-94(110-86)106-74-22-14-30-82(66-74)122-54-58-126-128-60-56-124-84-32-16-24-76(68-84)108(96-44-36-88(102)112-96)100-48-40-92(116-100)104(91-39-47-99(107)115-91)72-20-12-28-80(64-72)120-52-8-4-3-7-51-119-79-27-11-19-71(63-79)103(89-37-45-97(105)113-89)90-38-46-98(106)114-90/h9-48,61-68,109,111,114,116H,1-8,49-60H2. The number of hydrogen-bond donors (Lipinski definition) is 4. The molecule has 4 N–H and O–H groups in total. The van der Waals surface area contributed by atoms with E-state index >= 15 is 0 Å². The fraction of sp³-hybridized carbons (Fsp3) is 0.185. The van der Waals surface area contributed by atoms with Gasteiger partial charge in [0.05, 0.1) is 98.4 Å². The van der Waals surface area contributed by atoms with E-state index < -0.39 is 0 Å². The quantitative estimate of drug-likeness (QED) is 0.105. The van der Waals surface area contributed by atoms with Crippen molar-refractivity contribution < 1.29 is 37.9 Å². The maximum absolute atomic E-state index is 6.76. The Labute approximate surface area is 758 Å². The summed E-state index contributed by atoms with van der Waals surface area (Å²) in [6.07, 6.45) is 24.4. The molecule has 14 heterocycles. The van der Waals surface area contributed by atoms with Gasteiger partial charge in [0.25, 0.3) is 0 Å². The maximum atomic E-state index is 6.76. The summed E-state index contributed by atoms with van der Waals surface area (Å²) >= 11 is 0. The van der Waals surface area contributed by atoms with Crippen molar-refractivity contribution in [3.63, 3.8) is 0 Å². The van der Waals surface area contributed by atoms with Gasteiger partial charge in [-0.3, -0.25) is 0 Å². The van der Waals surface area contributed by atoms with Crippen LogP contribution in [-0.4, -0.2) is 116 Å². The van der Waals surface area contributed by atoms with Gasteiger partial charge in [0.1, 0.15) is 46.0 Å². The van der Waals surface area contributed by atoms with Crippen molar-refractivity contribution in [3.8, 4) is 135 Å². The topological polar surface area (TPSA) is 189 Å². The number of hydrogen-bond acceptors (Lipinski definition) is 16. The number of nitrogens with zero attached hydrogens (tertiary/aromatic N) is 4. The molecule has 0 saturated heterocycles. The van der Waals surface area contributed by atoms with E-state index in [1.54, 1.807) is 43.2 Å². The summed E-state index contributed by atoms with van der Waals surface area (Å²) in [5.41, 5.74) is 27.9. The zero-order chi connectivity index (χ0) is 85.3. The summed E-state index contributed by atoms with van der Waals surface area (Å²) in [6, 6.07) is 84.7. The van der Waals surface area contributed by atoms with Crippen LogP contribution in [-0.2, 0) is 0 Å². The number of rotatable bonds is 0. The lowest BCUT2D eigenvalue weighted by Crippen LogP contribution is -2.01. The Balaban J connectivity index is 0.763. The Hall–Kier alpha value is -13.2. The summed E-state index contributed by atoms with van der Waals surface area (Å²) in [5, 5.41) is 0. The van der Waals surface area contributed by atoms with Crippen molar-refractivity contribution in [2.45, 2.75) is 51.4 Å². The van der Waals surface area contributed by atoms with Crippen molar-refractivity contribution in [1.29, 1.82) is 0 Å². The van der Waals surface area contributed by atoms with E-state index in [2.05, 4.69) is 287 Å². The molecule has 0 amide bonds. The van der Waals surface area contributed by atoms with Crippen LogP contribution >= 0.6 is 43.2 Å². The largest absolute Gasteiger partial charge is 0.494 e. The first-order valence-corrected chi connectivity index (χ1v) is 49.1. The molecule has 0 unspecified atom stereocenters. The first-order valence-electron chi connectivity index (χ1n) is 44.1. The van der Waals surface area contributed by atoms with E-state index in [0.29, 0.717) is 52.9 Å². The second-order valence-corrected chi connectivity index (χ2v) is 37.5. The maximum Gasteiger partial charge on any atom is 0.119 e. The summed E-state index contributed by atoms with van der Waals surface area (Å²) in [6.45, 7) is 4.06. The summed E-state index contributed by atoms with van der Waals surface area (Å²) in [5.74, 6) is 9.01. The van der Waals surface area contributed by atoms with Crippen LogP contribution in [0.5, 0.6) is 46.0 Å². The molecule has 16 nitrogen and oxygen atoms in total. The fourth-order valence-corrected chi connectivity index (χ4v) is 21.0. The van der Waals surface area contributed by atoms with Crippen molar-refractivity contribution in [1.82, 2.24) is 39.9 Å². The lowest BCUT2D eigenvalue weighted by molar-refractivity contribution is 0.287. The zero-order valence-electron chi connectivity index (χ0n) is 70.5. The summed E-state index contributed by atoms with van der Waals surface area (Å²) in [4.78, 5) is 38.9. The molecule has 6 aromatic heterocycles. The van der Waals surface area contributed by atoms with Crippen LogP contribution in [0.25, 0.3) is 182 Å². The fourth-order valence-electron chi connectivity index (χ4n) is 17.7. The van der Waals surface area contributed by atoms with Gasteiger partial charge in [-0.05, 0) is 290 Å². The molecular formula is C108H92N8O8S4. The molecule has 0 atom stereocenters. The monoisotopic (exact) mass is 1760 g/mol. The minimum Gasteiger partial charge on any atom is -0.494 e. The van der Waals surface area contributed by atoms with Gasteiger partial charge < -0.3 is 57.8 Å². The number of nitrogens with one attached hydrogen (secondary N) is 4. The molecule has 40 bridgehead atoms. The number of H-pyrrole nitrogens is 4. The highest BCUT2D eigenvalue weighted by Crippen LogP contribution is 2.46. The van der Waals surface area contributed by atoms with E-state index in [1.807, 2.05) is 24.3 Å². The molecular weight excluding hydrogens is 1670 g/mol. The minimum atomic E-state index is 0.480. The lowest BCUT2D eigenvalue weighted by atomic mass is 10.0. The molecule has 14 aromatic rings. The highest BCUT2D eigenvalue weighted by atomic mass is 33.1. The molecule has 20 heteroatoms. The highest BCUT2D eigenvalue weighted by Gasteiger charge is 2.25. The Morgan fingerprint density at radius 2 is 0.336 bits per heavy atom. The molecule has 0 saturated carbocycles. The van der Waals surface area contributed by atoms with Gasteiger partial charge in [-0.15, -0.1) is 0 Å². The molecule has 8 aliphatic rings. The van der Waals surface area contributed by atoms with Crippen LogP contribution in [0.2, 0.25) is 0 Å². The second-order valence-electron chi connectivity index (χ2n) is 32.1.